The van der Waals surface area contributed by atoms with Crippen LogP contribution in [0.3, 0.4) is 0 Å². The summed E-state index contributed by atoms with van der Waals surface area (Å²) in [6.07, 6.45) is 2.42. The van der Waals surface area contributed by atoms with Crippen molar-refractivity contribution in [3.63, 3.8) is 0 Å². The van der Waals surface area contributed by atoms with Crippen molar-refractivity contribution in [3.8, 4) is 0 Å². The summed E-state index contributed by atoms with van der Waals surface area (Å²) in [4.78, 5) is 28.8. The highest BCUT2D eigenvalue weighted by atomic mass is 35.5. The van der Waals surface area contributed by atoms with Gasteiger partial charge in [-0.1, -0.05) is 23.7 Å². The first-order valence-electron chi connectivity index (χ1n) is 8.05. The number of aryl methyl sites for hydroxylation is 2. The third-order valence-corrected chi connectivity index (χ3v) is 4.24. The smallest absolute Gasteiger partial charge is 0.261 e. The van der Waals surface area contributed by atoms with Gasteiger partial charge in [-0.3, -0.25) is 14.2 Å². The monoisotopic (exact) mass is 355 g/mol. The Morgan fingerprint density at radius 2 is 1.96 bits per heavy atom. The SMILES string of the molecule is Cc1cccc2c(=O)n(CCCC(=O)Nc3ccc(Cl)cc3)cnc12. The number of anilines is 1. The summed E-state index contributed by atoms with van der Waals surface area (Å²) in [5.74, 6) is -0.0973. The van der Waals surface area contributed by atoms with Crippen LogP contribution < -0.4 is 10.9 Å². The molecule has 0 aliphatic heterocycles. The fourth-order valence-corrected chi connectivity index (χ4v) is 2.79. The molecule has 2 aromatic carbocycles. The van der Waals surface area contributed by atoms with Crippen molar-refractivity contribution < 1.29 is 4.79 Å². The summed E-state index contributed by atoms with van der Waals surface area (Å²) in [6, 6.07) is 12.5. The van der Waals surface area contributed by atoms with Gasteiger partial charge in [0.2, 0.25) is 5.91 Å². The predicted octanol–water partition coefficient (Wildman–Crippen LogP) is 3.78. The number of amides is 1. The Morgan fingerprint density at radius 3 is 2.72 bits per heavy atom. The normalized spacial score (nSPS) is 10.8. The first-order chi connectivity index (χ1) is 12.0. The van der Waals surface area contributed by atoms with E-state index in [-0.39, 0.29) is 11.5 Å². The topological polar surface area (TPSA) is 64.0 Å². The third kappa shape index (κ3) is 4.06. The molecule has 3 rings (SSSR count). The second-order valence-electron chi connectivity index (χ2n) is 5.87. The largest absolute Gasteiger partial charge is 0.326 e. The Morgan fingerprint density at radius 1 is 1.20 bits per heavy atom. The Kier molecular flexibility index (Phi) is 5.14. The molecule has 128 valence electrons. The molecule has 0 saturated heterocycles. The van der Waals surface area contributed by atoms with Gasteiger partial charge in [0, 0.05) is 23.7 Å². The molecule has 0 bridgehead atoms. The lowest BCUT2D eigenvalue weighted by Crippen LogP contribution is -2.22. The molecule has 3 aromatic rings. The van der Waals surface area contributed by atoms with Crippen molar-refractivity contribution in [1.82, 2.24) is 9.55 Å². The molecule has 1 aromatic heterocycles. The summed E-state index contributed by atoms with van der Waals surface area (Å²) in [5, 5.41) is 4.03. The zero-order valence-electron chi connectivity index (χ0n) is 13.8. The van der Waals surface area contributed by atoms with E-state index >= 15 is 0 Å². The second-order valence-corrected chi connectivity index (χ2v) is 6.31. The molecular weight excluding hydrogens is 338 g/mol. The van der Waals surface area contributed by atoms with Gasteiger partial charge >= 0.3 is 0 Å². The second kappa shape index (κ2) is 7.49. The molecular formula is C19H18ClN3O2. The number of carbonyl (C=O) groups excluding carboxylic acids is 1. The van der Waals surface area contributed by atoms with Crippen LogP contribution in [0.5, 0.6) is 0 Å². The van der Waals surface area contributed by atoms with Gasteiger partial charge in [0.05, 0.1) is 17.2 Å². The molecule has 6 heteroatoms. The highest BCUT2D eigenvalue weighted by molar-refractivity contribution is 6.30. The number of aromatic nitrogens is 2. The van der Waals surface area contributed by atoms with E-state index < -0.39 is 0 Å². The number of benzene rings is 2. The van der Waals surface area contributed by atoms with Gasteiger partial charge in [-0.2, -0.15) is 0 Å². The number of hydrogen-bond acceptors (Lipinski definition) is 3. The zero-order valence-corrected chi connectivity index (χ0v) is 14.6. The van der Waals surface area contributed by atoms with Gasteiger partial charge in [0.15, 0.2) is 0 Å². The lowest BCUT2D eigenvalue weighted by Gasteiger charge is -2.08. The van der Waals surface area contributed by atoms with Crippen LogP contribution >= 0.6 is 11.6 Å². The molecule has 0 aliphatic carbocycles. The predicted molar refractivity (Wildman–Crippen MR) is 100 cm³/mol. The number of nitrogens with one attached hydrogen (secondary N) is 1. The summed E-state index contributed by atoms with van der Waals surface area (Å²) in [7, 11) is 0. The third-order valence-electron chi connectivity index (χ3n) is 3.99. The minimum Gasteiger partial charge on any atom is -0.326 e. The summed E-state index contributed by atoms with van der Waals surface area (Å²) < 4.78 is 1.55. The van der Waals surface area contributed by atoms with Gasteiger partial charge in [0.25, 0.3) is 5.56 Å². The van der Waals surface area contributed by atoms with Gasteiger partial charge in [-0.15, -0.1) is 0 Å². The van der Waals surface area contributed by atoms with Crippen LogP contribution in [-0.2, 0) is 11.3 Å². The van der Waals surface area contributed by atoms with E-state index in [0.29, 0.717) is 35.5 Å². The van der Waals surface area contributed by atoms with Crippen molar-refractivity contribution in [2.45, 2.75) is 26.3 Å². The Hall–Kier alpha value is -2.66. The standard InChI is InChI=1S/C19H18ClN3O2/c1-13-4-2-5-16-18(13)21-12-23(19(16)25)11-3-6-17(24)22-15-9-7-14(20)8-10-15/h2,4-5,7-10,12H,3,6,11H2,1H3,(H,22,24). The number of nitrogens with zero attached hydrogens (tertiary/aromatic N) is 2. The molecule has 0 aliphatic rings. The average molecular weight is 356 g/mol. The molecule has 0 atom stereocenters. The summed E-state index contributed by atoms with van der Waals surface area (Å²) >= 11 is 5.81. The number of fused-ring (bicyclic) bond motifs is 1. The van der Waals surface area contributed by atoms with E-state index in [1.165, 1.54) is 0 Å². The van der Waals surface area contributed by atoms with Crippen LogP contribution in [0.4, 0.5) is 5.69 Å². The number of carbonyl (C=O) groups is 1. The van der Waals surface area contributed by atoms with Crippen LogP contribution in [0.15, 0.2) is 53.6 Å². The summed E-state index contributed by atoms with van der Waals surface area (Å²) in [6.45, 7) is 2.38. The van der Waals surface area contributed by atoms with Gasteiger partial charge in [-0.25, -0.2) is 4.98 Å². The van der Waals surface area contributed by atoms with E-state index in [4.69, 9.17) is 11.6 Å². The maximum Gasteiger partial charge on any atom is 0.261 e. The molecule has 0 unspecified atom stereocenters. The van der Waals surface area contributed by atoms with Crippen molar-refractivity contribution >= 4 is 34.1 Å². The molecule has 25 heavy (non-hydrogen) atoms. The minimum atomic E-state index is -0.0973. The fraction of sp³-hybridized carbons (Fsp3) is 0.211. The van der Waals surface area contributed by atoms with Crippen LogP contribution in [0.25, 0.3) is 10.9 Å². The first kappa shape index (κ1) is 17.2. The lowest BCUT2D eigenvalue weighted by molar-refractivity contribution is -0.116. The quantitative estimate of drug-likeness (QED) is 0.757. The van der Waals surface area contributed by atoms with Crippen molar-refractivity contribution in [2.24, 2.45) is 0 Å². The van der Waals surface area contributed by atoms with E-state index in [2.05, 4.69) is 10.3 Å². The first-order valence-corrected chi connectivity index (χ1v) is 8.42. The number of hydrogen-bond donors (Lipinski definition) is 1. The molecule has 1 amide bonds. The maximum absolute atomic E-state index is 12.5. The Balaban J connectivity index is 1.61. The number of rotatable bonds is 5. The van der Waals surface area contributed by atoms with Gasteiger partial charge in [-0.05, 0) is 49.2 Å². The molecule has 0 saturated carbocycles. The molecule has 1 heterocycles. The van der Waals surface area contributed by atoms with Crippen molar-refractivity contribution in [3.05, 3.63) is 69.7 Å². The number of halogens is 1. The highest BCUT2D eigenvalue weighted by Crippen LogP contribution is 2.14. The zero-order chi connectivity index (χ0) is 17.8. The number of para-hydroxylation sites is 1. The van der Waals surface area contributed by atoms with Crippen molar-refractivity contribution in [1.29, 1.82) is 0 Å². The molecule has 5 nitrogen and oxygen atoms in total. The van der Waals surface area contributed by atoms with Crippen LogP contribution in [0.1, 0.15) is 18.4 Å². The van der Waals surface area contributed by atoms with Gasteiger partial charge < -0.3 is 5.32 Å². The maximum atomic E-state index is 12.5. The highest BCUT2D eigenvalue weighted by Gasteiger charge is 2.07. The fourth-order valence-electron chi connectivity index (χ4n) is 2.66. The molecule has 0 radical (unpaired) electrons. The van der Waals surface area contributed by atoms with E-state index in [1.54, 1.807) is 41.2 Å². The van der Waals surface area contributed by atoms with E-state index in [9.17, 15) is 9.59 Å². The van der Waals surface area contributed by atoms with Crippen LogP contribution in [-0.4, -0.2) is 15.5 Å². The molecule has 1 N–H and O–H groups in total. The average Bonchev–Trinajstić information content (AvgIpc) is 2.60. The summed E-state index contributed by atoms with van der Waals surface area (Å²) in [5.41, 5.74) is 2.33. The van der Waals surface area contributed by atoms with Gasteiger partial charge in [0.1, 0.15) is 0 Å². The van der Waals surface area contributed by atoms with Crippen LogP contribution in [0, 0.1) is 6.92 Å². The lowest BCUT2D eigenvalue weighted by atomic mass is 10.1. The Bertz CT molecular complexity index is 965. The van der Waals surface area contributed by atoms with E-state index in [0.717, 1.165) is 11.1 Å². The Labute approximate surface area is 150 Å². The molecule has 0 spiro atoms. The molecule has 0 fully saturated rings. The van der Waals surface area contributed by atoms with Crippen LogP contribution in [0.2, 0.25) is 5.02 Å². The van der Waals surface area contributed by atoms with Crippen molar-refractivity contribution in [2.75, 3.05) is 5.32 Å². The minimum absolute atomic E-state index is 0.0770. The van der Waals surface area contributed by atoms with E-state index in [1.807, 2.05) is 19.1 Å².